The maximum Gasteiger partial charge on any atom is 0.418 e. The van der Waals surface area contributed by atoms with Crippen molar-refractivity contribution in [2.75, 3.05) is 6.61 Å². The molecule has 0 aliphatic carbocycles. The topological polar surface area (TPSA) is 52.1 Å². The Hall–Kier alpha value is -0.700. The van der Waals surface area contributed by atoms with E-state index in [0.717, 1.165) is 0 Å². The van der Waals surface area contributed by atoms with Crippen LogP contribution in [-0.2, 0) is 6.18 Å². The molecule has 4 nitrogen and oxygen atoms in total. The zero-order valence-electron chi connectivity index (χ0n) is 8.96. The maximum atomic E-state index is 12.8. The molecule has 0 amide bonds. The van der Waals surface area contributed by atoms with Crippen molar-refractivity contribution in [3.8, 4) is 5.88 Å². The third-order valence-electron chi connectivity index (χ3n) is 1.80. The third kappa shape index (κ3) is 3.64. The molecule has 0 atom stereocenters. The summed E-state index contributed by atoms with van der Waals surface area (Å²) in [6, 6.07) is 0.659. The van der Waals surface area contributed by atoms with Crippen LogP contribution in [0.1, 0.15) is 23.0 Å². The van der Waals surface area contributed by atoms with E-state index in [0.29, 0.717) is 6.07 Å². The lowest BCUT2D eigenvalue weighted by Crippen LogP contribution is -2.19. The first-order valence-corrected chi connectivity index (χ1v) is 6.50. The van der Waals surface area contributed by atoms with E-state index in [2.05, 4.69) is 42.1 Å². The van der Waals surface area contributed by atoms with E-state index in [1.54, 1.807) is 6.92 Å². The second-order valence-electron chi connectivity index (χ2n) is 3.04. The molecule has 0 spiro atoms. The van der Waals surface area contributed by atoms with E-state index in [9.17, 15) is 18.0 Å². The molecular formula is C9H7Br2F3N2O2. The molecule has 9 heteroatoms. The van der Waals surface area contributed by atoms with Crippen molar-refractivity contribution >= 4 is 37.6 Å². The van der Waals surface area contributed by atoms with Gasteiger partial charge in [0.2, 0.25) is 11.7 Å². The Kier molecular flexibility index (Phi) is 5.09. The van der Waals surface area contributed by atoms with Crippen molar-refractivity contribution in [1.29, 1.82) is 0 Å². The standard InChI is InChI=1S/C9H7Br2F3N2O2/c1-2-18-5-3-4(9(12,13)14)6(16-15-5)7(17)8(10)11/h3,8H,2H2,1H3. The number of alkyl halides is 5. The van der Waals surface area contributed by atoms with Gasteiger partial charge in [0.25, 0.3) is 0 Å². The van der Waals surface area contributed by atoms with Crippen molar-refractivity contribution in [2.24, 2.45) is 0 Å². The Morgan fingerprint density at radius 3 is 2.50 bits per heavy atom. The summed E-state index contributed by atoms with van der Waals surface area (Å²) in [6.45, 7) is 1.75. The van der Waals surface area contributed by atoms with E-state index in [4.69, 9.17) is 4.74 Å². The molecule has 1 aromatic heterocycles. The first-order valence-electron chi connectivity index (χ1n) is 4.67. The summed E-state index contributed by atoms with van der Waals surface area (Å²) in [4.78, 5) is 11.5. The van der Waals surface area contributed by atoms with Gasteiger partial charge in [-0.3, -0.25) is 4.79 Å². The van der Waals surface area contributed by atoms with Crippen LogP contribution in [-0.4, -0.2) is 26.3 Å². The van der Waals surface area contributed by atoms with Crippen LogP contribution in [0, 0.1) is 0 Å². The van der Waals surface area contributed by atoms with Gasteiger partial charge in [-0.25, -0.2) is 0 Å². The van der Waals surface area contributed by atoms with Crippen molar-refractivity contribution in [3.05, 3.63) is 17.3 Å². The van der Waals surface area contributed by atoms with E-state index in [1.807, 2.05) is 0 Å². The van der Waals surface area contributed by atoms with Crippen molar-refractivity contribution in [1.82, 2.24) is 10.2 Å². The lowest BCUT2D eigenvalue weighted by atomic mass is 10.1. The molecule has 0 bridgehead atoms. The number of aromatic nitrogens is 2. The van der Waals surface area contributed by atoms with E-state index >= 15 is 0 Å². The van der Waals surface area contributed by atoms with Crippen molar-refractivity contribution in [3.63, 3.8) is 0 Å². The van der Waals surface area contributed by atoms with Crippen molar-refractivity contribution < 1.29 is 22.7 Å². The first kappa shape index (κ1) is 15.4. The zero-order valence-corrected chi connectivity index (χ0v) is 12.1. The molecule has 1 aromatic rings. The molecule has 0 fully saturated rings. The number of ether oxygens (including phenoxy) is 1. The number of rotatable bonds is 4. The van der Waals surface area contributed by atoms with Gasteiger partial charge in [0.1, 0.15) is 9.43 Å². The smallest absolute Gasteiger partial charge is 0.418 e. The van der Waals surface area contributed by atoms with E-state index in [-0.39, 0.29) is 12.5 Å². The number of ketones is 1. The molecule has 0 N–H and O–H groups in total. The Morgan fingerprint density at radius 1 is 1.44 bits per heavy atom. The highest BCUT2D eigenvalue weighted by atomic mass is 79.9. The maximum absolute atomic E-state index is 12.8. The average molecular weight is 392 g/mol. The highest BCUT2D eigenvalue weighted by molar-refractivity contribution is 9.25. The van der Waals surface area contributed by atoms with Gasteiger partial charge in [0.15, 0.2) is 0 Å². The van der Waals surface area contributed by atoms with Crippen LogP contribution < -0.4 is 4.74 Å². The van der Waals surface area contributed by atoms with Gasteiger partial charge in [0.05, 0.1) is 12.2 Å². The average Bonchev–Trinajstić information content (AvgIpc) is 2.27. The Bertz CT molecular complexity index is 452. The Labute approximate surface area is 117 Å². The minimum Gasteiger partial charge on any atom is -0.477 e. The number of hydrogen-bond acceptors (Lipinski definition) is 4. The highest BCUT2D eigenvalue weighted by Crippen LogP contribution is 2.34. The molecule has 0 aromatic carbocycles. The van der Waals surface area contributed by atoms with Gasteiger partial charge in [-0.1, -0.05) is 31.9 Å². The fourth-order valence-corrected chi connectivity index (χ4v) is 1.53. The van der Waals surface area contributed by atoms with Crippen molar-refractivity contribution in [2.45, 2.75) is 16.8 Å². The summed E-state index contributed by atoms with van der Waals surface area (Å²) >= 11 is 5.65. The summed E-state index contributed by atoms with van der Waals surface area (Å²) in [5.74, 6) is -1.14. The Morgan fingerprint density at radius 2 is 2.06 bits per heavy atom. The molecule has 0 unspecified atom stereocenters. The molecule has 0 radical (unpaired) electrons. The van der Waals surface area contributed by atoms with Crippen LogP contribution >= 0.6 is 31.9 Å². The largest absolute Gasteiger partial charge is 0.477 e. The second kappa shape index (κ2) is 5.96. The SMILES string of the molecule is CCOc1cc(C(F)(F)F)c(C(=O)C(Br)Br)nn1. The first-order chi connectivity index (χ1) is 8.27. The zero-order chi connectivity index (χ0) is 13.9. The van der Waals surface area contributed by atoms with Crippen LogP contribution in [0.25, 0.3) is 0 Å². The molecule has 0 aliphatic rings. The molecule has 18 heavy (non-hydrogen) atoms. The van der Waals surface area contributed by atoms with Crippen LogP contribution in [0.5, 0.6) is 5.88 Å². The summed E-state index contributed by atoms with van der Waals surface area (Å²) < 4.78 is 42.2. The number of carbonyl (C=O) groups is 1. The molecule has 1 heterocycles. The van der Waals surface area contributed by atoms with Gasteiger partial charge in [-0.05, 0) is 6.92 Å². The van der Waals surface area contributed by atoms with Crippen LogP contribution in [0.3, 0.4) is 0 Å². The number of carbonyl (C=O) groups excluding carboxylic acids is 1. The lowest BCUT2D eigenvalue weighted by Gasteiger charge is -2.12. The normalized spacial score (nSPS) is 11.7. The predicted octanol–water partition coefficient (Wildman–Crippen LogP) is 3.19. The second-order valence-corrected chi connectivity index (χ2v) is 6.10. The summed E-state index contributed by atoms with van der Waals surface area (Å²) in [5.41, 5.74) is -1.93. The lowest BCUT2D eigenvalue weighted by molar-refractivity contribution is -0.138. The van der Waals surface area contributed by atoms with Crippen LogP contribution in [0.2, 0.25) is 0 Å². The fourth-order valence-electron chi connectivity index (χ4n) is 1.09. The number of hydrogen-bond donors (Lipinski definition) is 0. The summed E-state index contributed by atoms with van der Waals surface area (Å²) in [5, 5.41) is 6.69. The van der Waals surface area contributed by atoms with Crippen LogP contribution in [0.15, 0.2) is 6.07 Å². The van der Waals surface area contributed by atoms with Gasteiger partial charge >= 0.3 is 6.18 Å². The highest BCUT2D eigenvalue weighted by Gasteiger charge is 2.38. The molecule has 0 saturated carbocycles. The quantitative estimate of drug-likeness (QED) is 0.584. The third-order valence-corrected chi connectivity index (χ3v) is 2.63. The van der Waals surface area contributed by atoms with Gasteiger partial charge < -0.3 is 4.74 Å². The number of Topliss-reactive ketones (excluding diaryl/α,β-unsaturated/α-hetero) is 1. The fraction of sp³-hybridized carbons (Fsp3) is 0.444. The van der Waals surface area contributed by atoms with Gasteiger partial charge in [-0.15, -0.1) is 10.2 Å². The Balaban J connectivity index is 3.30. The van der Waals surface area contributed by atoms with E-state index in [1.165, 1.54) is 0 Å². The minimum atomic E-state index is -4.71. The van der Waals surface area contributed by atoms with Gasteiger partial charge in [-0.2, -0.15) is 13.2 Å². The van der Waals surface area contributed by atoms with E-state index < -0.39 is 27.0 Å². The molecule has 1 rings (SSSR count). The number of halogens is 5. The number of nitrogens with zero attached hydrogens (tertiary/aromatic N) is 2. The van der Waals surface area contributed by atoms with Gasteiger partial charge in [0, 0.05) is 6.07 Å². The molecule has 0 saturated heterocycles. The molecule has 100 valence electrons. The molecule has 0 aliphatic heterocycles. The monoisotopic (exact) mass is 390 g/mol. The minimum absolute atomic E-state index is 0.152. The molecular weight excluding hydrogens is 385 g/mol. The van der Waals surface area contributed by atoms with Crippen LogP contribution in [0.4, 0.5) is 13.2 Å². The summed E-state index contributed by atoms with van der Waals surface area (Å²) in [6.07, 6.45) is -4.71. The summed E-state index contributed by atoms with van der Waals surface area (Å²) in [7, 11) is 0. The predicted molar refractivity (Wildman–Crippen MR) is 64.2 cm³/mol.